The monoisotopic (exact) mass is 375 g/mol. The van der Waals surface area contributed by atoms with E-state index in [9.17, 15) is 14.9 Å². The Bertz CT molecular complexity index is 1050. The molecule has 28 heavy (non-hydrogen) atoms. The topological polar surface area (TPSA) is 84.1 Å². The van der Waals surface area contributed by atoms with E-state index in [2.05, 4.69) is 11.5 Å². The summed E-state index contributed by atoms with van der Waals surface area (Å²) in [7, 11) is 0. The lowest BCUT2D eigenvalue weighted by Gasteiger charge is -2.12. The SMILES string of the molecule is CCCCC(=O)ONC(=O)c1cc2ccccc2n1Cc1ccccc1C#N. The smallest absolute Gasteiger partial charge is 0.332 e. The highest BCUT2D eigenvalue weighted by atomic mass is 16.7. The third-order valence-corrected chi connectivity index (χ3v) is 4.50. The third-order valence-electron chi connectivity index (χ3n) is 4.50. The van der Waals surface area contributed by atoms with Crippen molar-refractivity contribution in [1.82, 2.24) is 10.0 Å². The Labute approximate surface area is 163 Å². The molecule has 0 saturated carbocycles. The summed E-state index contributed by atoms with van der Waals surface area (Å²) >= 11 is 0. The van der Waals surface area contributed by atoms with E-state index in [1.165, 1.54) is 0 Å². The van der Waals surface area contributed by atoms with Crippen molar-refractivity contribution in [1.29, 1.82) is 5.26 Å². The van der Waals surface area contributed by atoms with E-state index >= 15 is 0 Å². The number of nitriles is 1. The van der Waals surface area contributed by atoms with E-state index in [0.717, 1.165) is 22.9 Å². The molecule has 0 fully saturated rings. The Morgan fingerprint density at radius 1 is 1.14 bits per heavy atom. The van der Waals surface area contributed by atoms with Gasteiger partial charge < -0.3 is 9.40 Å². The van der Waals surface area contributed by atoms with E-state index in [-0.39, 0.29) is 6.42 Å². The summed E-state index contributed by atoms with van der Waals surface area (Å²) in [6, 6.07) is 18.8. The highest BCUT2D eigenvalue weighted by Gasteiger charge is 2.18. The van der Waals surface area contributed by atoms with Crippen molar-refractivity contribution in [3.8, 4) is 6.07 Å². The van der Waals surface area contributed by atoms with Gasteiger partial charge >= 0.3 is 11.9 Å². The molecule has 3 aromatic rings. The van der Waals surface area contributed by atoms with E-state index in [4.69, 9.17) is 4.84 Å². The Hall–Kier alpha value is -3.59. The fourth-order valence-corrected chi connectivity index (χ4v) is 3.03. The molecule has 6 nitrogen and oxygen atoms in total. The number of hydrogen-bond acceptors (Lipinski definition) is 4. The van der Waals surface area contributed by atoms with Gasteiger partial charge in [0.25, 0.3) is 0 Å². The number of benzene rings is 2. The van der Waals surface area contributed by atoms with Gasteiger partial charge in [0.2, 0.25) is 0 Å². The fraction of sp³-hybridized carbons (Fsp3) is 0.227. The summed E-state index contributed by atoms with van der Waals surface area (Å²) < 4.78 is 1.82. The molecule has 0 aliphatic heterocycles. The number of carbonyl (C=O) groups is 2. The van der Waals surface area contributed by atoms with Gasteiger partial charge in [0.15, 0.2) is 0 Å². The van der Waals surface area contributed by atoms with Crippen LogP contribution in [0, 0.1) is 11.3 Å². The van der Waals surface area contributed by atoms with Gasteiger partial charge in [0.05, 0.1) is 11.6 Å². The lowest BCUT2D eigenvalue weighted by Crippen LogP contribution is -2.29. The predicted octanol–water partition coefficient (Wildman–Crippen LogP) is 3.94. The van der Waals surface area contributed by atoms with Crippen LogP contribution in [0.15, 0.2) is 54.6 Å². The number of amides is 1. The minimum absolute atomic E-state index is 0.259. The standard InChI is InChI=1S/C22H21N3O3/c1-2-3-12-21(26)28-24-22(27)20-13-16-8-6-7-11-19(16)25(20)15-18-10-5-4-9-17(18)14-23/h4-11,13H,2-3,12,15H2,1H3,(H,24,27). The molecule has 0 unspecified atom stereocenters. The molecule has 3 rings (SSSR count). The first-order valence-corrected chi connectivity index (χ1v) is 9.20. The zero-order valence-corrected chi connectivity index (χ0v) is 15.6. The van der Waals surface area contributed by atoms with Gasteiger partial charge in [-0.1, -0.05) is 49.7 Å². The molecule has 6 heteroatoms. The lowest BCUT2D eigenvalue weighted by atomic mass is 10.1. The molecule has 1 amide bonds. The van der Waals surface area contributed by atoms with Gasteiger partial charge in [0, 0.05) is 23.9 Å². The minimum atomic E-state index is -0.504. The van der Waals surface area contributed by atoms with Crippen molar-refractivity contribution < 1.29 is 14.4 Å². The van der Waals surface area contributed by atoms with Crippen LogP contribution < -0.4 is 5.48 Å². The average molecular weight is 375 g/mol. The summed E-state index contributed by atoms with van der Waals surface area (Å²) in [6.07, 6.45) is 1.84. The first kappa shape index (κ1) is 19.2. The summed E-state index contributed by atoms with van der Waals surface area (Å²) in [4.78, 5) is 29.3. The first-order chi connectivity index (χ1) is 13.6. The van der Waals surface area contributed by atoms with Gasteiger partial charge in [-0.2, -0.15) is 10.7 Å². The molecule has 0 saturated heterocycles. The molecule has 0 radical (unpaired) electrons. The maximum atomic E-state index is 12.7. The molecule has 0 atom stereocenters. The second-order valence-electron chi connectivity index (χ2n) is 6.45. The van der Waals surface area contributed by atoms with E-state index < -0.39 is 11.9 Å². The second kappa shape index (κ2) is 8.87. The summed E-state index contributed by atoms with van der Waals surface area (Å²) in [6.45, 7) is 2.33. The second-order valence-corrected chi connectivity index (χ2v) is 6.45. The van der Waals surface area contributed by atoms with E-state index in [1.54, 1.807) is 18.2 Å². The molecular formula is C22H21N3O3. The van der Waals surface area contributed by atoms with Crippen LogP contribution in [0.25, 0.3) is 10.9 Å². The van der Waals surface area contributed by atoms with Crippen LogP contribution in [0.4, 0.5) is 0 Å². The van der Waals surface area contributed by atoms with Crippen LogP contribution in [0.2, 0.25) is 0 Å². The Kier molecular flexibility index (Phi) is 6.07. The number of nitrogens with zero attached hydrogens (tertiary/aromatic N) is 2. The van der Waals surface area contributed by atoms with Gasteiger partial charge in [-0.05, 0) is 30.2 Å². The van der Waals surface area contributed by atoms with Crippen molar-refractivity contribution >= 4 is 22.8 Å². The fourth-order valence-electron chi connectivity index (χ4n) is 3.03. The Morgan fingerprint density at radius 3 is 2.68 bits per heavy atom. The van der Waals surface area contributed by atoms with Gasteiger partial charge in [-0.3, -0.25) is 4.79 Å². The maximum Gasteiger partial charge on any atom is 0.332 e. The van der Waals surface area contributed by atoms with Gasteiger partial charge in [-0.15, -0.1) is 0 Å². The molecule has 1 aromatic heterocycles. The zero-order chi connectivity index (χ0) is 19.9. The van der Waals surface area contributed by atoms with Crippen LogP contribution in [0.5, 0.6) is 0 Å². The van der Waals surface area contributed by atoms with Crippen molar-refractivity contribution in [2.75, 3.05) is 0 Å². The summed E-state index contributed by atoms with van der Waals surface area (Å²) in [5, 5.41) is 10.2. The summed E-state index contributed by atoms with van der Waals surface area (Å²) in [5.41, 5.74) is 4.83. The minimum Gasteiger partial charge on any atom is -0.340 e. The van der Waals surface area contributed by atoms with Crippen molar-refractivity contribution in [2.45, 2.75) is 32.7 Å². The van der Waals surface area contributed by atoms with Crippen LogP contribution in [0.1, 0.15) is 47.8 Å². The number of hydroxylamine groups is 1. The average Bonchev–Trinajstić information content (AvgIpc) is 3.09. The van der Waals surface area contributed by atoms with E-state index in [1.807, 2.05) is 47.9 Å². The van der Waals surface area contributed by atoms with Crippen LogP contribution in [-0.4, -0.2) is 16.4 Å². The Balaban J connectivity index is 1.90. The molecule has 142 valence electrons. The number of unbranched alkanes of at least 4 members (excludes halogenated alkanes) is 1. The third kappa shape index (κ3) is 4.21. The van der Waals surface area contributed by atoms with Crippen molar-refractivity contribution in [3.05, 3.63) is 71.4 Å². The number of hydrogen-bond donors (Lipinski definition) is 1. The lowest BCUT2D eigenvalue weighted by molar-refractivity contribution is -0.149. The van der Waals surface area contributed by atoms with Crippen LogP contribution in [-0.2, 0) is 16.2 Å². The molecule has 0 aliphatic rings. The molecule has 2 aromatic carbocycles. The number of carbonyl (C=O) groups excluding carboxylic acids is 2. The molecule has 0 spiro atoms. The highest BCUT2D eigenvalue weighted by molar-refractivity contribution is 5.98. The zero-order valence-electron chi connectivity index (χ0n) is 15.6. The molecule has 1 heterocycles. The van der Waals surface area contributed by atoms with Crippen molar-refractivity contribution in [3.63, 3.8) is 0 Å². The summed E-state index contributed by atoms with van der Waals surface area (Å²) in [5.74, 6) is -0.969. The Morgan fingerprint density at radius 2 is 1.89 bits per heavy atom. The molecular weight excluding hydrogens is 354 g/mol. The van der Waals surface area contributed by atoms with Crippen LogP contribution >= 0.6 is 0 Å². The highest BCUT2D eigenvalue weighted by Crippen LogP contribution is 2.22. The number of fused-ring (bicyclic) bond motifs is 1. The molecule has 0 aliphatic carbocycles. The number of para-hydroxylation sites is 1. The molecule has 1 N–H and O–H groups in total. The van der Waals surface area contributed by atoms with Crippen LogP contribution in [0.3, 0.4) is 0 Å². The predicted molar refractivity (Wildman–Crippen MR) is 105 cm³/mol. The number of nitrogens with one attached hydrogen (secondary N) is 1. The van der Waals surface area contributed by atoms with Crippen molar-refractivity contribution in [2.24, 2.45) is 0 Å². The maximum absolute atomic E-state index is 12.7. The largest absolute Gasteiger partial charge is 0.340 e. The number of aromatic nitrogens is 1. The quantitative estimate of drug-likeness (QED) is 0.662. The first-order valence-electron chi connectivity index (χ1n) is 9.20. The molecule has 0 bridgehead atoms. The normalized spacial score (nSPS) is 10.4. The number of rotatable bonds is 6. The van der Waals surface area contributed by atoms with Gasteiger partial charge in [-0.25, -0.2) is 4.79 Å². The van der Waals surface area contributed by atoms with E-state index in [0.29, 0.717) is 24.2 Å². The van der Waals surface area contributed by atoms with Gasteiger partial charge in [0.1, 0.15) is 5.69 Å².